The minimum absolute atomic E-state index is 0.0418. The fourth-order valence-corrected chi connectivity index (χ4v) is 6.64. The van der Waals surface area contributed by atoms with Gasteiger partial charge in [0.05, 0.1) is 42.4 Å². The molecule has 1 spiro atoms. The van der Waals surface area contributed by atoms with Gasteiger partial charge in [0.15, 0.2) is 0 Å². The molecule has 3 unspecified atom stereocenters. The van der Waals surface area contributed by atoms with Gasteiger partial charge in [-0.05, 0) is 78.3 Å². The van der Waals surface area contributed by atoms with E-state index in [0.717, 1.165) is 36.1 Å². The third-order valence-corrected chi connectivity index (χ3v) is 8.92. The van der Waals surface area contributed by atoms with E-state index in [1.54, 1.807) is 49.7 Å². The van der Waals surface area contributed by atoms with Crippen molar-refractivity contribution in [1.29, 1.82) is 0 Å². The lowest BCUT2D eigenvalue weighted by Gasteiger charge is -2.52. The monoisotopic (exact) mass is 583 g/mol. The predicted molar refractivity (Wildman–Crippen MR) is 159 cm³/mol. The smallest absolute Gasteiger partial charge is 0.538 e. The number of nitrogens with one attached hydrogen (secondary N) is 2. The van der Waals surface area contributed by atoms with Crippen LogP contribution < -0.4 is 15.4 Å². The van der Waals surface area contributed by atoms with E-state index in [4.69, 9.17) is 14.0 Å². The van der Waals surface area contributed by atoms with Crippen LogP contribution >= 0.6 is 0 Å². The van der Waals surface area contributed by atoms with Gasteiger partial charge in [-0.3, -0.25) is 14.6 Å². The molecule has 0 saturated heterocycles. The van der Waals surface area contributed by atoms with E-state index in [2.05, 4.69) is 28.6 Å². The molecule has 2 aromatic carbocycles. The molecule has 6 rings (SSSR count). The van der Waals surface area contributed by atoms with Crippen LogP contribution in [0, 0.1) is 17.7 Å². The van der Waals surface area contributed by atoms with Gasteiger partial charge >= 0.3 is 7.12 Å². The first-order valence-corrected chi connectivity index (χ1v) is 14.8. The molecule has 1 fully saturated rings. The van der Waals surface area contributed by atoms with Crippen LogP contribution in [0.5, 0.6) is 5.75 Å². The van der Waals surface area contributed by atoms with E-state index >= 15 is 0 Å². The van der Waals surface area contributed by atoms with Crippen molar-refractivity contribution in [2.45, 2.75) is 56.6 Å². The van der Waals surface area contributed by atoms with Crippen molar-refractivity contribution in [2.24, 2.45) is 11.8 Å². The predicted octanol–water partition coefficient (Wildman–Crippen LogP) is 4.96. The van der Waals surface area contributed by atoms with Crippen LogP contribution in [-0.4, -0.2) is 42.6 Å². The van der Waals surface area contributed by atoms with Gasteiger partial charge < -0.3 is 24.7 Å². The number of methoxy groups -OCH3 is 1. The zero-order valence-corrected chi connectivity index (χ0v) is 24.3. The summed E-state index contributed by atoms with van der Waals surface area (Å²) in [6, 6.07) is 16.2. The molecular weight excluding hydrogens is 548 g/mol. The van der Waals surface area contributed by atoms with Gasteiger partial charge in [0, 0.05) is 18.8 Å². The maximum atomic E-state index is 13.8. The van der Waals surface area contributed by atoms with E-state index in [9.17, 15) is 14.0 Å². The number of aromatic nitrogens is 1. The zero-order valence-electron chi connectivity index (χ0n) is 24.3. The first kappa shape index (κ1) is 28.9. The third kappa shape index (κ3) is 6.02. The van der Waals surface area contributed by atoms with E-state index in [0.29, 0.717) is 29.6 Å². The molecule has 2 bridgehead atoms. The summed E-state index contributed by atoms with van der Waals surface area (Å²) >= 11 is 0. The number of hydrogen-bond donors (Lipinski definition) is 2. The van der Waals surface area contributed by atoms with Gasteiger partial charge in [-0.15, -0.1) is 0 Å². The fraction of sp³-hybridized carbons (Fsp3) is 0.364. The highest BCUT2D eigenvalue weighted by molar-refractivity contribution is 6.48. The van der Waals surface area contributed by atoms with Crippen molar-refractivity contribution < 1.29 is 28.0 Å². The maximum Gasteiger partial charge on any atom is 0.550 e. The number of benzene rings is 2. The highest BCUT2D eigenvalue weighted by Crippen LogP contribution is 2.59. The summed E-state index contributed by atoms with van der Waals surface area (Å²) in [5, 5.41) is 6.14. The van der Waals surface area contributed by atoms with Crippen molar-refractivity contribution >= 4 is 18.9 Å². The zero-order chi connectivity index (χ0) is 30.0. The van der Waals surface area contributed by atoms with E-state index < -0.39 is 19.1 Å². The van der Waals surface area contributed by atoms with Gasteiger partial charge in [-0.1, -0.05) is 37.6 Å². The Labute approximate surface area is 251 Å². The van der Waals surface area contributed by atoms with Crippen LogP contribution in [0.2, 0.25) is 0 Å². The lowest BCUT2D eigenvalue weighted by Crippen LogP contribution is -2.61. The number of amides is 2. The summed E-state index contributed by atoms with van der Waals surface area (Å²) in [7, 11) is 0.866. The van der Waals surface area contributed by atoms with Gasteiger partial charge in [0.25, 0.3) is 5.91 Å². The first-order valence-electron chi connectivity index (χ1n) is 14.8. The highest BCUT2D eigenvalue weighted by atomic mass is 19.1. The molecule has 1 saturated carbocycles. The van der Waals surface area contributed by atoms with Gasteiger partial charge in [-0.25, -0.2) is 4.39 Å². The Hall–Kier alpha value is -4.18. The molecule has 3 aliphatic rings. The Kier molecular flexibility index (Phi) is 8.21. The average molecular weight is 583 g/mol. The van der Waals surface area contributed by atoms with E-state index in [-0.39, 0.29) is 29.7 Å². The van der Waals surface area contributed by atoms with Gasteiger partial charge in [-0.2, -0.15) is 0 Å². The van der Waals surface area contributed by atoms with Crippen LogP contribution in [0.3, 0.4) is 0 Å². The lowest BCUT2D eigenvalue weighted by atomic mass is 9.59. The molecule has 3 aromatic rings. The number of nitrogens with zero attached hydrogens (tertiary/aromatic N) is 1. The standard InChI is InChI=1S/C33H35BFN3O5/c1-3-24-16-25-17-28-19-33(24,25)43-34(42-28)30(14-21-9-11-26(35)12-10-21)38-31(39)18-29(22-6-4-8-27(15-22)41-2)37-32(40)23-7-5-13-36-20-23/h4-13,15,19-20,24-25,29-30H,3,14,16-18H2,1-2H3,(H,37,40)(H,38,39)/t24?,25?,29?,30-,33-/m0/s1. The highest BCUT2D eigenvalue weighted by Gasteiger charge is 2.62. The first-order chi connectivity index (χ1) is 20.9. The molecule has 2 amide bonds. The summed E-state index contributed by atoms with van der Waals surface area (Å²) in [6.07, 6.45) is 8.48. The van der Waals surface area contributed by atoms with Crippen molar-refractivity contribution in [3.8, 4) is 5.75 Å². The third-order valence-electron chi connectivity index (χ3n) is 8.92. The molecule has 8 nitrogen and oxygen atoms in total. The second-order valence-corrected chi connectivity index (χ2v) is 11.6. The summed E-state index contributed by atoms with van der Waals surface area (Å²) in [5.41, 5.74) is 1.59. The summed E-state index contributed by atoms with van der Waals surface area (Å²) in [5.74, 6) is 0.804. The Morgan fingerprint density at radius 1 is 1.16 bits per heavy atom. The van der Waals surface area contributed by atoms with Crippen LogP contribution in [-0.2, 0) is 20.5 Å². The molecule has 0 radical (unpaired) electrons. The fourth-order valence-electron chi connectivity index (χ4n) is 6.64. The number of rotatable bonds is 11. The number of carbonyl (C=O) groups is 2. The second kappa shape index (κ2) is 12.2. The van der Waals surface area contributed by atoms with Crippen LogP contribution in [0.4, 0.5) is 4.39 Å². The molecule has 5 atom stereocenters. The second-order valence-electron chi connectivity index (χ2n) is 11.6. The molecular formula is C33H35BFN3O5. The summed E-state index contributed by atoms with van der Waals surface area (Å²) in [4.78, 5) is 30.9. The summed E-state index contributed by atoms with van der Waals surface area (Å²) in [6.45, 7) is 2.17. The van der Waals surface area contributed by atoms with E-state index in [1.807, 2.05) is 12.1 Å². The molecule has 1 aliphatic heterocycles. The molecule has 2 aliphatic carbocycles. The number of halogens is 1. The Morgan fingerprint density at radius 2 is 2.00 bits per heavy atom. The van der Waals surface area contributed by atoms with Crippen molar-refractivity contribution in [3.05, 3.63) is 107 Å². The quantitative estimate of drug-likeness (QED) is 0.310. The Bertz CT molecular complexity index is 1500. The van der Waals surface area contributed by atoms with Crippen molar-refractivity contribution in [3.63, 3.8) is 0 Å². The van der Waals surface area contributed by atoms with Crippen LogP contribution in [0.25, 0.3) is 0 Å². The minimum atomic E-state index is -0.700. The lowest BCUT2D eigenvalue weighted by molar-refractivity contribution is -0.122. The molecule has 1 aromatic heterocycles. The molecule has 43 heavy (non-hydrogen) atoms. The summed E-state index contributed by atoms with van der Waals surface area (Å²) < 4.78 is 32.1. The Balaban J connectivity index is 1.24. The van der Waals surface area contributed by atoms with Gasteiger partial charge in [0.1, 0.15) is 11.6 Å². The molecule has 222 valence electrons. The number of carbonyl (C=O) groups excluding carboxylic acids is 2. The van der Waals surface area contributed by atoms with Gasteiger partial charge in [0.2, 0.25) is 5.91 Å². The molecule has 10 heteroatoms. The van der Waals surface area contributed by atoms with Crippen molar-refractivity contribution in [1.82, 2.24) is 15.6 Å². The Morgan fingerprint density at radius 3 is 2.74 bits per heavy atom. The number of ether oxygens (including phenoxy) is 1. The number of allylic oxidation sites excluding steroid dienone is 1. The topological polar surface area (TPSA) is 98.8 Å². The van der Waals surface area contributed by atoms with E-state index in [1.165, 1.54) is 18.3 Å². The molecule has 2 N–H and O–H groups in total. The normalized spacial score (nSPS) is 23.1. The van der Waals surface area contributed by atoms with Crippen LogP contribution in [0.15, 0.2) is 84.9 Å². The number of hydrogen-bond acceptors (Lipinski definition) is 6. The molecule has 2 heterocycles. The van der Waals surface area contributed by atoms with Crippen LogP contribution in [0.1, 0.15) is 60.1 Å². The maximum absolute atomic E-state index is 13.8. The van der Waals surface area contributed by atoms with Crippen molar-refractivity contribution in [2.75, 3.05) is 7.11 Å². The largest absolute Gasteiger partial charge is 0.550 e. The minimum Gasteiger partial charge on any atom is -0.538 e. The SMILES string of the molecule is CCC1CC2CC3=C[C@]12OB([C@H](Cc1ccc(F)cc1)NC(=O)CC(NC(=O)c1cccnc1)c1cccc(OC)c1)O3. The number of pyridine rings is 1. The average Bonchev–Trinajstić information content (AvgIpc) is 3.22.